The zero-order chi connectivity index (χ0) is 10.8. The van der Waals surface area contributed by atoms with Crippen LogP contribution in [-0.2, 0) is 0 Å². The van der Waals surface area contributed by atoms with Crippen molar-refractivity contribution in [1.82, 2.24) is 0 Å². The Morgan fingerprint density at radius 2 is 2.27 bits per heavy atom. The van der Waals surface area contributed by atoms with Crippen LogP contribution in [0.5, 0.6) is 11.5 Å². The molecule has 0 radical (unpaired) electrons. The van der Waals surface area contributed by atoms with Crippen LogP contribution >= 0.6 is 15.9 Å². The van der Waals surface area contributed by atoms with Crippen LogP contribution in [0.3, 0.4) is 0 Å². The Hall–Kier alpha value is -0.700. The summed E-state index contributed by atoms with van der Waals surface area (Å²) in [4.78, 5) is 0. The fourth-order valence-corrected chi connectivity index (χ4v) is 1.23. The van der Waals surface area contributed by atoms with E-state index < -0.39 is 7.04 Å². The van der Waals surface area contributed by atoms with E-state index in [0.717, 1.165) is 0 Å². The molecule has 0 saturated heterocycles. The van der Waals surface area contributed by atoms with Crippen LogP contribution in [0.25, 0.3) is 0 Å². The van der Waals surface area contributed by atoms with Gasteiger partial charge in [0.2, 0.25) is 0 Å². The monoisotopic (exact) mass is 219 g/mol. The minimum Gasteiger partial charge on any atom is -0.497 e. The highest BCUT2D eigenvalue weighted by molar-refractivity contribution is 9.10. The highest BCUT2D eigenvalue weighted by Gasteiger charge is 1.99. The number of ether oxygens (including phenoxy) is 2. The van der Waals surface area contributed by atoms with Crippen LogP contribution < -0.4 is 9.47 Å². The number of hydrogen-bond donors (Lipinski definition) is 0. The molecule has 1 aromatic carbocycles. The first-order chi connectivity index (χ1) is 6.42. The Labute approximate surface area is 78.5 Å². The van der Waals surface area contributed by atoms with E-state index in [0.29, 0.717) is 10.2 Å². The van der Waals surface area contributed by atoms with Crippen LogP contribution in [0, 0.1) is 0 Å². The van der Waals surface area contributed by atoms with Crippen molar-refractivity contribution in [3.05, 3.63) is 22.7 Å². The minimum atomic E-state index is -2.42. The molecule has 0 atom stereocenters. The maximum atomic E-state index is 6.90. The maximum Gasteiger partial charge on any atom is 0.133 e. The molecule has 0 N–H and O–H groups in total. The molecular formula is C8H9BrO2. The molecule has 3 heteroatoms. The third kappa shape index (κ3) is 1.87. The molecule has 0 heterocycles. The fraction of sp³-hybridized carbons (Fsp3) is 0.250. The van der Waals surface area contributed by atoms with Gasteiger partial charge in [-0.3, -0.25) is 0 Å². The van der Waals surface area contributed by atoms with Gasteiger partial charge in [-0.15, -0.1) is 0 Å². The van der Waals surface area contributed by atoms with Gasteiger partial charge in [0, 0.05) is 0 Å². The summed E-state index contributed by atoms with van der Waals surface area (Å²) < 4.78 is 31.0. The number of halogens is 1. The van der Waals surface area contributed by atoms with Gasteiger partial charge in [-0.25, -0.2) is 0 Å². The van der Waals surface area contributed by atoms with E-state index in [2.05, 4.69) is 15.9 Å². The Morgan fingerprint density at radius 1 is 1.45 bits per heavy atom. The molecule has 60 valence electrons. The lowest BCUT2D eigenvalue weighted by Gasteiger charge is -2.04. The minimum absolute atomic E-state index is 0.276. The fourth-order valence-electron chi connectivity index (χ4n) is 0.711. The average Bonchev–Trinajstić information content (AvgIpc) is 2.01. The zero-order valence-electron chi connectivity index (χ0n) is 8.93. The van der Waals surface area contributed by atoms with E-state index in [4.69, 9.17) is 13.6 Å². The topological polar surface area (TPSA) is 18.5 Å². The SMILES string of the molecule is [2H]C([2H])([2H])Oc1ccc(OC)c(Br)c1. The quantitative estimate of drug-likeness (QED) is 0.762. The Morgan fingerprint density at radius 3 is 2.82 bits per heavy atom. The third-order valence-electron chi connectivity index (χ3n) is 1.24. The van der Waals surface area contributed by atoms with E-state index in [1.54, 1.807) is 12.1 Å². The van der Waals surface area contributed by atoms with Gasteiger partial charge < -0.3 is 9.47 Å². The first-order valence-corrected chi connectivity index (χ1v) is 3.74. The summed E-state index contributed by atoms with van der Waals surface area (Å²) in [5.41, 5.74) is 0. The van der Waals surface area contributed by atoms with Crippen LogP contribution in [0.2, 0.25) is 0 Å². The average molecular weight is 220 g/mol. The Kier molecular flexibility index (Phi) is 1.66. The lowest BCUT2D eigenvalue weighted by Crippen LogP contribution is -1.86. The first-order valence-electron chi connectivity index (χ1n) is 4.45. The van der Waals surface area contributed by atoms with E-state index >= 15 is 0 Å². The maximum absolute atomic E-state index is 6.90. The van der Waals surface area contributed by atoms with Gasteiger partial charge in [0.05, 0.1) is 22.7 Å². The van der Waals surface area contributed by atoms with Gasteiger partial charge in [-0.05, 0) is 34.1 Å². The molecule has 2 nitrogen and oxygen atoms in total. The van der Waals surface area contributed by atoms with E-state index in [9.17, 15) is 0 Å². The number of benzene rings is 1. The normalized spacial score (nSPS) is 14.5. The number of hydrogen-bond acceptors (Lipinski definition) is 2. The van der Waals surface area contributed by atoms with Crippen molar-refractivity contribution in [3.8, 4) is 11.5 Å². The van der Waals surface area contributed by atoms with Crippen molar-refractivity contribution >= 4 is 15.9 Å². The predicted octanol–water partition coefficient (Wildman–Crippen LogP) is 2.47. The standard InChI is InChI=1S/C8H9BrO2/c1-10-6-3-4-8(11-2)7(9)5-6/h3-5H,1-2H3/i1D3. The highest BCUT2D eigenvalue weighted by Crippen LogP contribution is 2.28. The van der Waals surface area contributed by atoms with Gasteiger partial charge in [0.25, 0.3) is 0 Å². The highest BCUT2D eigenvalue weighted by atomic mass is 79.9. The molecule has 1 aromatic rings. The molecule has 0 saturated carbocycles. The van der Waals surface area contributed by atoms with Gasteiger partial charge in [-0.1, -0.05) is 0 Å². The molecule has 0 fully saturated rings. The molecule has 11 heavy (non-hydrogen) atoms. The van der Waals surface area contributed by atoms with Crippen LogP contribution in [0.1, 0.15) is 4.11 Å². The zero-order valence-corrected chi connectivity index (χ0v) is 7.51. The molecule has 0 spiro atoms. The van der Waals surface area contributed by atoms with Crippen LogP contribution in [-0.4, -0.2) is 14.1 Å². The summed E-state index contributed by atoms with van der Waals surface area (Å²) in [5.74, 6) is 0.903. The number of methoxy groups -OCH3 is 2. The second-order valence-electron chi connectivity index (χ2n) is 1.90. The largest absolute Gasteiger partial charge is 0.497 e. The van der Waals surface area contributed by atoms with Crippen molar-refractivity contribution in [2.75, 3.05) is 14.1 Å². The Balaban J connectivity index is 2.87. The second-order valence-corrected chi connectivity index (χ2v) is 2.75. The lowest BCUT2D eigenvalue weighted by molar-refractivity contribution is 0.401. The van der Waals surface area contributed by atoms with Gasteiger partial charge in [0.15, 0.2) is 0 Å². The molecule has 0 aliphatic heterocycles. The van der Waals surface area contributed by atoms with Crippen molar-refractivity contribution in [2.24, 2.45) is 0 Å². The van der Waals surface area contributed by atoms with Crippen molar-refractivity contribution < 1.29 is 13.6 Å². The predicted molar refractivity (Wildman–Crippen MR) is 47.2 cm³/mol. The van der Waals surface area contributed by atoms with Gasteiger partial charge >= 0.3 is 0 Å². The molecule has 0 aliphatic rings. The molecule has 1 rings (SSSR count). The molecule has 0 aliphatic carbocycles. The summed E-state index contributed by atoms with van der Waals surface area (Å²) >= 11 is 3.23. The van der Waals surface area contributed by atoms with E-state index in [1.165, 1.54) is 13.2 Å². The van der Waals surface area contributed by atoms with Gasteiger partial charge in [-0.2, -0.15) is 0 Å². The smallest absolute Gasteiger partial charge is 0.133 e. The number of rotatable bonds is 2. The molecule has 0 bridgehead atoms. The third-order valence-corrected chi connectivity index (χ3v) is 1.86. The molecule has 0 aromatic heterocycles. The Bertz CT molecular complexity index is 325. The molecular weight excluding hydrogens is 208 g/mol. The van der Waals surface area contributed by atoms with Crippen LogP contribution in [0.15, 0.2) is 22.7 Å². The van der Waals surface area contributed by atoms with Gasteiger partial charge in [0.1, 0.15) is 11.5 Å². The summed E-state index contributed by atoms with van der Waals surface area (Å²) in [6.45, 7) is 0. The molecule has 0 amide bonds. The summed E-state index contributed by atoms with van der Waals surface area (Å²) in [5, 5.41) is 0. The second kappa shape index (κ2) is 3.62. The van der Waals surface area contributed by atoms with Crippen molar-refractivity contribution in [3.63, 3.8) is 0 Å². The van der Waals surface area contributed by atoms with E-state index in [-0.39, 0.29) is 5.75 Å². The van der Waals surface area contributed by atoms with E-state index in [1.807, 2.05) is 0 Å². The summed E-state index contributed by atoms with van der Waals surface area (Å²) in [7, 11) is -0.890. The van der Waals surface area contributed by atoms with Crippen LogP contribution in [0.4, 0.5) is 0 Å². The lowest BCUT2D eigenvalue weighted by atomic mass is 10.3. The first kappa shape index (κ1) is 5.04. The van der Waals surface area contributed by atoms with Crippen molar-refractivity contribution in [1.29, 1.82) is 0 Å². The summed E-state index contributed by atoms with van der Waals surface area (Å²) in [6.07, 6.45) is 0. The molecule has 0 unspecified atom stereocenters. The summed E-state index contributed by atoms with van der Waals surface area (Å²) in [6, 6.07) is 4.71. The van der Waals surface area contributed by atoms with Crippen molar-refractivity contribution in [2.45, 2.75) is 0 Å².